The largest absolute Gasteiger partial charge is 0.459 e. The highest BCUT2D eigenvalue weighted by molar-refractivity contribution is 7.92. The van der Waals surface area contributed by atoms with Crippen LogP contribution in [0.2, 0.25) is 0 Å². The topological polar surface area (TPSA) is 67.6 Å². The van der Waals surface area contributed by atoms with Crippen LogP contribution in [0.15, 0.2) is 22.8 Å². The summed E-state index contributed by atoms with van der Waals surface area (Å²) in [6.07, 6.45) is -3.75. The van der Waals surface area contributed by atoms with Gasteiger partial charge in [0.2, 0.25) is 0 Å². The Morgan fingerprint density at radius 1 is 1.41 bits per heavy atom. The molecule has 0 saturated carbocycles. The summed E-state index contributed by atoms with van der Waals surface area (Å²) >= 11 is 0. The standard InChI is InChI=1S/C13H14F3NO4S/c14-13(15,16)12-4-2-6-22(19,20)10(12)7-17(8-12)11(18)9-3-1-5-21-9/h1,3,5,10H,2,4,6-8H2/t10-,12-/m1/s1. The number of carbonyl (C=O) groups excluding carboxylic acids is 1. The summed E-state index contributed by atoms with van der Waals surface area (Å²) in [6, 6.07) is 2.80. The molecule has 9 heteroatoms. The molecule has 5 nitrogen and oxygen atoms in total. The number of halogens is 3. The maximum atomic E-state index is 13.6. The van der Waals surface area contributed by atoms with Gasteiger partial charge in [0.05, 0.1) is 17.3 Å². The first kappa shape index (κ1) is 15.4. The Balaban J connectivity index is 1.99. The van der Waals surface area contributed by atoms with E-state index in [9.17, 15) is 26.4 Å². The molecule has 0 unspecified atom stereocenters. The van der Waals surface area contributed by atoms with Gasteiger partial charge in [-0.15, -0.1) is 0 Å². The first-order valence-electron chi connectivity index (χ1n) is 6.78. The van der Waals surface area contributed by atoms with E-state index in [0.717, 1.165) is 4.90 Å². The summed E-state index contributed by atoms with van der Waals surface area (Å²) < 4.78 is 69.9. The van der Waals surface area contributed by atoms with Crippen molar-refractivity contribution in [1.29, 1.82) is 0 Å². The second-order valence-corrected chi connectivity index (χ2v) is 8.08. The molecular weight excluding hydrogens is 323 g/mol. The molecule has 0 aliphatic carbocycles. The molecule has 2 aliphatic rings. The van der Waals surface area contributed by atoms with E-state index in [4.69, 9.17) is 4.42 Å². The molecule has 0 radical (unpaired) electrons. The van der Waals surface area contributed by atoms with E-state index in [-0.39, 0.29) is 24.4 Å². The summed E-state index contributed by atoms with van der Waals surface area (Å²) in [5.74, 6) is -1.07. The van der Waals surface area contributed by atoms with Crippen LogP contribution in [0.25, 0.3) is 0 Å². The molecule has 3 rings (SSSR count). The van der Waals surface area contributed by atoms with Gasteiger partial charge in [-0.25, -0.2) is 8.42 Å². The molecule has 1 amide bonds. The Hall–Kier alpha value is -1.51. The first-order chi connectivity index (χ1) is 10.2. The number of fused-ring (bicyclic) bond motifs is 1. The summed E-state index contributed by atoms with van der Waals surface area (Å²) in [5, 5.41) is -1.59. The fourth-order valence-electron chi connectivity index (χ4n) is 3.43. The number of hydrogen-bond acceptors (Lipinski definition) is 4. The zero-order chi connectivity index (χ0) is 16.2. The Morgan fingerprint density at radius 3 is 2.68 bits per heavy atom. The molecular formula is C13H14F3NO4S. The fourth-order valence-corrected chi connectivity index (χ4v) is 5.69. The highest BCUT2D eigenvalue weighted by Gasteiger charge is 2.68. The number of nitrogens with zero attached hydrogens (tertiary/aromatic N) is 1. The highest BCUT2D eigenvalue weighted by Crippen LogP contribution is 2.53. The smallest absolute Gasteiger partial charge is 0.397 e. The molecule has 2 fully saturated rings. The second kappa shape index (κ2) is 4.74. The third-order valence-electron chi connectivity index (χ3n) is 4.54. The number of furan rings is 1. The van der Waals surface area contributed by atoms with E-state index in [0.29, 0.717) is 0 Å². The van der Waals surface area contributed by atoms with Crippen LogP contribution in [-0.4, -0.2) is 49.5 Å². The molecule has 1 aromatic rings. The Labute approximate surface area is 125 Å². The third kappa shape index (κ3) is 2.13. The minimum Gasteiger partial charge on any atom is -0.459 e. The Kier molecular flexibility index (Phi) is 3.32. The van der Waals surface area contributed by atoms with Gasteiger partial charge in [0.25, 0.3) is 5.91 Å². The minimum absolute atomic E-state index is 0.0405. The van der Waals surface area contributed by atoms with Crippen LogP contribution < -0.4 is 0 Å². The maximum absolute atomic E-state index is 13.6. The molecule has 3 heterocycles. The summed E-state index contributed by atoms with van der Waals surface area (Å²) in [6.45, 7) is -1.08. The lowest BCUT2D eigenvalue weighted by atomic mass is 9.81. The number of amides is 1. The molecule has 2 atom stereocenters. The number of hydrogen-bond donors (Lipinski definition) is 0. The third-order valence-corrected chi connectivity index (χ3v) is 6.87. The van der Waals surface area contributed by atoms with E-state index in [2.05, 4.69) is 0 Å². The van der Waals surface area contributed by atoms with Crippen molar-refractivity contribution in [2.75, 3.05) is 18.8 Å². The average molecular weight is 337 g/mol. The van der Waals surface area contributed by atoms with Crippen LogP contribution in [0, 0.1) is 5.41 Å². The van der Waals surface area contributed by atoms with Gasteiger partial charge in [-0.3, -0.25) is 4.79 Å². The van der Waals surface area contributed by atoms with Crippen molar-refractivity contribution in [2.45, 2.75) is 24.3 Å². The fraction of sp³-hybridized carbons (Fsp3) is 0.615. The van der Waals surface area contributed by atoms with E-state index < -0.39 is 45.7 Å². The number of alkyl halides is 3. The van der Waals surface area contributed by atoms with Gasteiger partial charge in [0, 0.05) is 13.1 Å². The molecule has 0 spiro atoms. The number of rotatable bonds is 1. The van der Waals surface area contributed by atoms with E-state index in [1.54, 1.807) is 0 Å². The molecule has 0 N–H and O–H groups in total. The summed E-state index contributed by atoms with van der Waals surface area (Å²) in [4.78, 5) is 13.1. The van der Waals surface area contributed by atoms with E-state index in [1.165, 1.54) is 18.4 Å². The first-order valence-corrected chi connectivity index (χ1v) is 8.50. The Bertz CT molecular complexity index is 683. The molecule has 2 saturated heterocycles. The van der Waals surface area contributed by atoms with E-state index >= 15 is 0 Å². The van der Waals surface area contributed by atoms with Gasteiger partial charge in [-0.1, -0.05) is 0 Å². The second-order valence-electron chi connectivity index (χ2n) is 5.78. The lowest BCUT2D eigenvalue weighted by molar-refractivity contribution is -0.221. The van der Waals surface area contributed by atoms with Gasteiger partial charge in [0.1, 0.15) is 5.41 Å². The van der Waals surface area contributed by atoms with Gasteiger partial charge in [-0.05, 0) is 25.0 Å². The number of sulfone groups is 1. The van der Waals surface area contributed by atoms with Crippen LogP contribution in [0.1, 0.15) is 23.4 Å². The summed E-state index contributed by atoms with van der Waals surface area (Å²) in [7, 11) is -3.88. The Morgan fingerprint density at radius 2 is 2.14 bits per heavy atom. The minimum atomic E-state index is -4.68. The van der Waals surface area contributed by atoms with Gasteiger partial charge < -0.3 is 9.32 Å². The van der Waals surface area contributed by atoms with Crippen molar-refractivity contribution in [2.24, 2.45) is 5.41 Å². The monoisotopic (exact) mass is 337 g/mol. The van der Waals surface area contributed by atoms with Crippen molar-refractivity contribution in [3.8, 4) is 0 Å². The van der Waals surface area contributed by atoms with Crippen LogP contribution in [0.4, 0.5) is 13.2 Å². The van der Waals surface area contributed by atoms with Crippen LogP contribution in [0.3, 0.4) is 0 Å². The van der Waals surface area contributed by atoms with Crippen molar-refractivity contribution < 1.29 is 30.8 Å². The maximum Gasteiger partial charge on any atom is 0.397 e. The number of likely N-dealkylation sites (tertiary alicyclic amines) is 1. The van der Waals surface area contributed by atoms with Crippen molar-refractivity contribution >= 4 is 15.7 Å². The van der Waals surface area contributed by atoms with Gasteiger partial charge in [-0.2, -0.15) is 13.2 Å². The van der Waals surface area contributed by atoms with Crippen LogP contribution >= 0.6 is 0 Å². The molecule has 1 aromatic heterocycles. The van der Waals surface area contributed by atoms with Crippen LogP contribution in [-0.2, 0) is 9.84 Å². The lowest BCUT2D eigenvalue weighted by Crippen LogP contribution is -2.53. The zero-order valence-electron chi connectivity index (χ0n) is 11.5. The normalized spacial score (nSPS) is 31.0. The average Bonchev–Trinajstić information content (AvgIpc) is 3.05. The van der Waals surface area contributed by atoms with Gasteiger partial charge >= 0.3 is 6.18 Å². The SMILES string of the molecule is O=C(c1ccco1)N1C[C@@H]2[C@@](C(F)(F)F)(CCCS2(=O)=O)C1. The molecule has 0 aromatic carbocycles. The molecule has 2 aliphatic heterocycles. The zero-order valence-corrected chi connectivity index (χ0v) is 12.3. The molecule has 122 valence electrons. The predicted octanol–water partition coefficient (Wildman–Crippen LogP) is 1.86. The molecule has 22 heavy (non-hydrogen) atoms. The number of carbonyl (C=O) groups is 1. The van der Waals surface area contributed by atoms with E-state index in [1.807, 2.05) is 0 Å². The van der Waals surface area contributed by atoms with Crippen molar-refractivity contribution in [1.82, 2.24) is 4.90 Å². The van der Waals surface area contributed by atoms with Crippen molar-refractivity contribution in [3.05, 3.63) is 24.2 Å². The summed E-state index contributed by atoms with van der Waals surface area (Å²) in [5.41, 5.74) is -2.37. The van der Waals surface area contributed by atoms with Crippen molar-refractivity contribution in [3.63, 3.8) is 0 Å². The molecule has 0 bridgehead atoms. The quantitative estimate of drug-likeness (QED) is 0.784. The lowest BCUT2D eigenvalue weighted by Gasteiger charge is -2.39. The van der Waals surface area contributed by atoms with Crippen LogP contribution in [0.5, 0.6) is 0 Å². The predicted molar refractivity (Wildman–Crippen MR) is 69.9 cm³/mol. The van der Waals surface area contributed by atoms with Gasteiger partial charge in [0.15, 0.2) is 15.6 Å². The highest BCUT2D eigenvalue weighted by atomic mass is 32.2.